The topological polar surface area (TPSA) is 46.3 Å². The summed E-state index contributed by atoms with van der Waals surface area (Å²) in [5, 5.41) is 0. The highest BCUT2D eigenvalue weighted by atomic mass is 32.1. The second kappa shape index (κ2) is 6.10. The molecule has 0 aromatic heterocycles. The van der Waals surface area contributed by atoms with Crippen LogP contribution in [0.4, 0.5) is 4.39 Å². The number of halogens is 1. The fourth-order valence-corrected chi connectivity index (χ4v) is 2.52. The molecule has 0 aliphatic carbocycles. The minimum atomic E-state index is -0.289. The van der Waals surface area contributed by atoms with E-state index in [0.29, 0.717) is 18.0 Å². The lowest BCUT2D eigenvalue weighted by atomic mass is 9.97. The molecule has 3 nitrogen and oxygen atoms in total. The number of hydrogen-bond acceptors (Lipinski definition) is 2. The number of likely N-dealkylation sites (tertiary alicyclic amines) is 1. The zero-order chi connectivity index (χ0) is 13.8. The minimum absolute atomic E-state index is 0.0487. The quantitative estimate of drug-likeness (QED) is 0.860. The van der Waals surface area contributed by atoms with E-state index in [-0.39, 0.29) is 17.6 Å². The van der Waals surface area contributed by atoms with Crippen LogP contribution in [0.15, 0.2) is 24.3 Å². The normalized spacial score (nSPS) is 19.2. The fraction of sp³-hybridized carbons (Fsp3) is 0.429. The van der Waals surface area contributed by atoms with Crippen molar-refractivity contribution in [3.05, 3.63) is 35.6 Å². The molecule has 19 heavy (non-hydrogen) atoms. The monoisotopic (exact) mass is 280 g/mol. The summed E-state index contributed by atoms with van der Waals surface area (Å²) in [6.45, 7) is 1.36. The van der Waals surface area contributed by atoms with Crippen LogP contribution in [-0.2, 0) is 11.2 Å². The van der Waals surface area contributed by atoms with E-state index in [9.17, 15) is 9.18 Å². The lowest BCUT2D eigenvalue weighted by Crippen LogP contribution is -2.44. The molecular weight excluding hydrogens is 263 g/mol. The Kier molecular flexibility index (Phi) is 4.47. The average molecular weight is 280 g/mol. The SMILES string of the molecule is NC(=S)C1CCCN(C(=O)Cc2ccc(F)cc2)C1. The van der Waals surface area contributed by atoms with E-state index in [2.05, 4.69) is 0 Å². The van der Waals surface area contributed by atoms with Gasteiger partial charge in [0.2, 0.25) is 5.91 Å². The van der Waals surface area contributed by atoms with Gasteiger partial charge in [0.1, 0.15) is 5.82 Å². The number of nitrogens with zero attached hydrogens (tertiary/aromatic N) is 1. The summed E-state index contributed by atoms with van der Waals surface area (Å²) < 4.78 is 12.8. The van der Waals surface area contributed by atoms with Gasteiger partial charge in [-0.2, -0.15) is 0 Å². The molecule has 1 aliphatic heterocycles. The minimum Gasteiger partial charge on any atom is -0.393 e. The summed E-state index contributed by atoms with van der Waals surface area (Å²) >= 11 is 5.00. The summed E-state index contributed by atoms with van der Waals surface area (Å²) in [6, 6.07) is 6.03. The first-order chi connectivity index (χ1) is 9.06. The van der Waals surface area contributed by atoms with Crippen LogP contribution in [0.1, 0.15) is 18.4 Å². The molecule has 0 bridgehead atoms. The van der Waals surface area contributed by atoms with Gasteiger partial charge in [0, 0.05) is 19.0 Å². The van der Waals surface area contributed by atoms with Gasteiger partial charge in [-0.05, 0) is 30.5 Å². The van der Waals surface area contributed by atoms with Gasteiger partial charge in [-0.3, -0.25) is 4.79 Å². The maximum absolute atomic E-state index is 12.8. The molecule has 1 aliphatic rings. The third-order valence-electron chi connectivity index (χ3n) is 3.45. The summed E-state index contributed by atoms with van der Waals surface area (Å²) in [7, 11) is 0. The van der Waals surface area contributed by atoms with Crippen LogP contribution in [-0.4, -0.2) is 28.9 Å². The van der Waals surface area contributed by atoms with E-state index in [0.717, 1.165) is 24.9 Å². The van der Waals surface area contributed by atoms with Gasteiger partial charge in [-0.15, -0.1) is 0 Å². The van der Waals surface area contributed by atoms with E-state index in [1.54, 1.807) is 17.0 Å². The summed E-state index contributed by atoms with van der Waals surface area (Å²) in [6.07, 6.45) is 2.18. The van der Waals surface area contributed by atoms with Crippen molar-refractivity contribution >= 4 is 23.1 Å². The number of hydrogen-bond donors (Lipinski definition) is 1. The van der Waals surface area contributed by atoms with Crippen LogP contribution in [0.2, 0.25) is 0 Å². The molecule has 1 saturated heterocycles. The Labute approximate surface area is 117 Å². The number of carbonyl (C=O) groups is 1. The predicted molar refractivity (Wildman–Crippen MR) is 76.2 cm³/mol. The number of thiocarbonyl (C=S) groups is 1. The molecule has 1 heterocycles. The van der Waals surface area contributed by atoms with Crippen molar-refractivity contribution in [2.24, 2.45) is 11.7 Å². The number of carbonyl (C=O) groups excluding carboxylic acids is 1. The number of amides is 1. The van der Waals surface area contributed by atoms with Crippen LogP contribution < -0.4 is 5.73 Å². The van der Waals surface area contributed by atoms with Gasteiger partial charge in [0.25, 0.3) is 0 Å². The fourth-order valence-electron chi connectivity index (χ4n) is 2.32. The molecule has 1 fully saturated rings. The Balaban J connectivity index is 1.96. The first-order valence-electron chi connectivity index (χ1n) is 6.38. The van der Waals surface area contributed by atoms with Crippen molar-refractivity contribution in [3.63, 3.8) is 0 Å². The largest absolute Gasteiger partial charge is 0.393 e. The maximum Gasteiger partial charge on any atom is 0.227 e. The van der Waals surface area contributed by atoms with E-state index in [4.69, 9.17) is 18.0 Å². The van der Waals surface area contributed by atoms with Crippen molar-refractivity contribution in [2.45, 2.75) is 19.3 Å². The van der Waals surface area contributed by atoms with Crippen LogP contribution in [0.3, 0.4) is 0 Å². The first-order valence-corrected chi connectivity index (χ1v) is 6.78. The predicted octanol–water partition coefficient (Wildman–Crippen LogP) is 1.89. The number of benzene rings is 1. The van der Waals surface area contributed by atoms with Crippen LogP contribution in [0.5, 0.6) is 0 Å². The third kappa shape index (κ3) is 3.73. The van der Waals surface area contributed by atoms with Gasteiger partial charge in [-0.25, -0.2) is 4.39 Å². The highest BCUT2D eigenvalue weighted by Gasteiger charge is 2.25. The Morgan fingerprint density at radius 3 is 2.74 bits per heavy atom. The van der Waals surface area contributed by atoms with Crippen LogP contribution in [0.25, 0.3) is 0 Å². The molecule has 2 N–H and O–H groups in total. The Bertz CT molecular complexity index is 475. The first kappa shape index (κ1) is 13.9. The number of nitrogens with two attached hydrogens (primary N) is 1. The standard InChI is InChI=1S/C14H17FN2OS/c15-12-5-3-10(4-6-12)8-13(18)17-7-1-2-11(9-17)14(16)19/h3-6,11H,1-2,7-9H2,(H2,16,19). The highest BCUT2D eigenvalue weighted by molar-refractivity contribution is 7.80. The molecule has 0 radical (unpaired) electrons. The molecule has 5 heteroatoms. The molecular formula is C14H17FN2OS. The molecule has 0 saturated carbocycles. The molecule has 2 rings (SSSR count). The Morgan fingerprint density at radius 2 is 2.11 bits per heavy atom. The average Bonchev–Trinajstić information content (AvgIpc) is 2.41. The van der Waals surface area contributed by atoms with Crippen molar-refractivity contribution in [2.75, 3.05) is 13.1 Å². The second-order valence-electron chi connectivity index (χ2n) is 4.88. The Morgan fingerprint density at radius 1 is 1.42 bits per heavy atom. The highest BCUT2D eigenvalue weighted by Crippen LogP contribution is 2.18. The molecule has 1 unspecified atom stereocenters. The van der Waals surface area contributed by atoms with Crippen molar-refractivity contribution < 1.29 is 9.18 Å². The molecule has 1 atom stereocenters. The number of piperidine rings is 1. The van der Waals surface area contributed by atoms with E-state index in [1.807, 2.05) is 0 Å². The van der Waals surface area contributed by atoms with Gasteiger partial charge in [0.15, 0.2) is 0 Å². The molecule has 1 amide bonds. The molecule has 102 valence electrons. The number of rotatable bonds is 3. The zero-order valence-corrected chi connectivity index (χ0v) is 11.5. The molecule has 1 aromatic rings. The summed E-state index contributed by atoms with van der Waals surface area (Å²) in [4.78, 5) is 14.5. The maximum atomic E-state index is 12.8. The van der Waals surface area contributed by atoms with Gasteiger partial charge in [-0.1, -0.05) is 24.4 Å². The lowest BCUT2D eigenvalue weighted by molar-refractivity contribution is -0.131. The van der Waals surface area contributed by atoms with Crippen molar-refractivity contribution in [1.82, 2.24) is 4.90 Å². The van der Waals surface area contributed by atoms with E-state index < -0.39 is 0 Å². The lowest BCUT2D eigenvalue weighted by Gasteiger charge is -2.32. The second-order valence-corrected chi connectivity index (χ2v) is 5.36. The van der Waals surface area contributed by atoms with Gasteiger partial charge < -0.3 is 10.6 Å². The smallest absolute Gasteiger partial charge is 0.227 e. The van der Waals surface area contributed by atoms with E-state index in [1.165, 1.54) is 12.1 Å². The van der Waals surface area contributed by atoms with Gasteiger partial charge in [0.05, 0.1) is 11.4 Å². The van der Waals surface area contributed by atoms with E-state index >= 15 is 0 Å². The molecule has 1 aromatic carbocycles. The third-order valence-corrected chi connectivity index (χ3v) is 3.78. The van der Waals surface area contributed by atoms with Gasteiger partial charge >= 0.3 is 0 Å². The van der Waals surface area contributed by atoms with Crippen molar-refractivity contribution in [1.29, 1.82) is 0 Å². The zero-order valence-electron chi connectivity index (χ0n) is 10.6. The molecule has 0 spiro atoms. The van der Waals surface area contributed by atoms with Crippen LogP contribution >= 0.6 is 12.2 Å². The summed E-state index contributed by atoms with van der Waals surface area (Å²) in [5.74, 6) is -0.115. The summed E-state index contributed by atoms with van der Waals surface area (Å²) in [5.41, 5.74) is 6.47. The Hall–Kier alpha value is -1.49. The van der Waals surface area contributed by atoms with Crippen molar-refractivity contribution in [3.8, 4) is 0 Å². The van der Waals surface area contributed by atoms with Crippen LogP contribution in [0, 0.1) is 11.7 Å².